The Morgan fingerprint density at radius 2 is 1.37 bits per heavy atom. The molecule has 0 unspecified atom stereocenters. The second-order valence-corrected chi connectivity index (χ2v) is 5.20. The van der Waals surface area contributed by atoms with E-state index in [1.807, 2.05) is 30.3 Å². The van der Waals surface area contributed by atoms with Crippen molar-refractivity contribution in [3.8, 4) is 11.1 Å². The fraction of sp³-hybridized carbons (Fsp3) is 0.294. The minimum absolute atomic E-state index is 0.0600. The molecule has 0 aromatic heterocycles. The molecule has 0 amide bonds. The summed E-state index contributed by atoms with van der Waals surface area (Å²) in [5, 5.41) is 0. The summed E-state index contributed by atoms with van der Waals surface area (Å²) in [7, 11) is 0. The zero-order chi connectivity index (χ0) is 13.2. The number of rotatable bonds is 2. The molecule has 1 fully saturated rings. The van der Waals surface area contributed by atoms with E-state index in [1.165, 1.54) is 12.1 Å². The van der Waals surface area contributed by atoms with Crippen LogP contribution in [-0.4, -0.2) is 0 Å². The topological polar surface area (TPSA) is 0 Å². The van der Waals surface area contributed by atoms with E-state index in [9.17, 15) is 8.78 Å². The summed E-state index contributed by atoms with van der Waals surface area (Å²) in [4.78, 5) is 0. The van der Waals surface area contributed by atoms with E-state index < -0.39 is 11.6 Å². The Morgan fingerprint density at radius 3 is 1.95 bits per heavy atom. The van der Waals surface area contributed by atoms with Gasteiger partial charge < -0.3 is 0 Å². The van der Waals surface area contributed by atoms with Crippen molar-refractivity contribution in [2.45, 2.75) is 31.6 Å². The van der Waals surface area contributed by atoms with Gasteiger partial charge >= 0.3 is 0 Å². The lowest BCUT2D eigenvalue weighted by molar-refractivity contribution is 0.525. The summed E-state index contributed by atoms with van der Waals surface area (Å²) < 4.78 is 28.4. The van der Waals surface area contributed by atoms with Crippen molar-refractivity contribution >= 4 is 0 Å². The van der Waals surface area contributed by atoms with Crippen molar-refractivity contribution in [1.82, 2.24) is 0 Å². The van der Waals surface area contributed by atoms with Gasteiger partial charge in [0.05, 0.1) is 0 Å². The molecule has 0 radical (unpaired) electrons. The largest absolute Gasteiger partial charge is 0.207 e. The van der Waals surface area contributed by atoms with Crippen LogP contribution in [0.15, 0.2) is 42.5 Å². The third-order valence-corrected chi connectivity index (χ3v) is 3.95. The van der Waals surface area contributed by atoms with Crippen LogP contribution >= 0.6 is 0 Å². The molecule has 1 aliphatic carbocycles. The molecule has 0 saturated heterocycles. The van der Waals surface area contributed by atoms with Crippen molar-refractivity contribution in [1.29, 1.82) is 0 Å². The maximum Gasteiger partial charge on any atom is 0.130 e. The highest BCUT2D eigenvalue weighted by Crippen LogP contribution is 2.38. The van der Waals surface area contributed by atoms with Gasteiger partial charge in [-0.15, -0.1) is 0 Å². The van der Waals surface area contributed by atoms with Gasteiger partial charge in [0.1, 0.15) is 11.6 Å². The van der Waals surface area contributed by atoms with Crippen molar-refractivity contribution in [3.05, 3.63) is 59.7 Å². The first-order chi connectivity index (χ1) is 9.25. The molecule has 1 aliphatic rings. The Bertz CT molecular complexity index is 546. The molecule has 0 nitrogen and oxygen atoms in total. The van der Waals surface area contributed by atoms with Gasteiger partial charge in [-0.25, -0.2) is 8.78 Å². The van der Waals surface area contributed by atoms with Gasteiger partial charge in [-0.2, -0.15) is 0 Å². The van der Waals surface area contributed by atoms with Gasteiger partial charge in [0, 0.05) is 5.56 Å². The molecule has 2 aromatic rings. The van der Waals surface area contributed by atoms with Gasteiger partial charge in [-0.3, -0.25) is 0 Å². The highest BCUT2D eigenvalue weighted by atomic mass is 19.1. The Kier molecular flexibility index (Phi) is 3.33. The molecular weight excluding hydrogens is 242 g/mol. The highest BCUT2D eigenvalue weighted by Gasteiger charge is 2.24. The lowest BCUT2D eigenvalue weighted by Gasteiger charge is -2.13. The average Bonchev–Trinajstić information content (AvgIpc) is 2.93. The van der Waals surface area contributed by atoms with Crippen LogP contribution in [0.25, 0.3) is 11.1 Å². The van der Waals surface area contributed by atoms with Crippen LogP contribution in [0.1, 0.15) is 37.2 Å². The van der Waals surface area contributed by atoms with Gasteiger partial charge in [-0.1, -0.05) is 43.2 Å². The number of halogens is 2. The Labute approximate surface area is 112 Å². The second-order valence-electron chi connectivity index (χ2n) is 5.20. The van der Waals surface area contributed by atoms with Crippen molar-refractivity contribution in [2.75, 3.05) is 0 Å². The van der Waals surface area contributed by atoms with Crippen LogP contribution < -0.4 is 0 Å². The Morgan fingerprint density at radius 1 is 0.789 bits per heavy atom. The van der Waals surface area contributed by atoms with Crippen LogP contribution in [0.4, 0.5) is 8.78 Å². The standard InChI is InChI=1S/C17H16F2/c18-15-10-14(12-6-2-1-3-7-12)11-16(19)17(15)13-8-4-5-9-13/h1-3,6-7,10-11,13H,4-5,8-9H2. The second kappa shape index (κ2) is 5.12. The van der Waals surface area contributed by atoms with E-state index >= 15 is 0 Å². The summed E-state index contributed by atoms with van der Waals surface area (Å²) in [5.41, 5.74) is 1.74. The summed E-state index contributed by atoms with van der Waals surface area (Å²) >= 11 is 0. The molecule has 0 spiro atoms. The summed E-state index contributed by atoms with van der Waals surface area (Å²) in [5.74, 6) is -0.735. The van der Waals surface area contributed by atoms with Crippen LogP contribution in [0.3, 0.4) is 0 Å². The van der Waals surface area contributed by atoms with Crippen molar-refractivity contribution < 1.29 is 8.78 Å². The molecule has 19 heavy (non-hydrogen) atoms. The predicted octanol–water partition coefficient (Wildman–Crippen LogP) is 5.29. The lowest BCUT2D eigenvalue weighted by Crippen LogP contribution is -2.01. The van der Waals surface area contributed by atoms with Gasteiger partial charge in [0.25, 0.3) is 0 Å². The van der Waals surface area contributed by atoms with Gasteiger partial charge in [0.2, 0.25) is 0 Å². The zero-order valence-corrected chi connectivity index (χ0v) is 10.7. The van der Waals surface area contributed by atoms with E-state index in [1.54, 1.807) is 0 Å². The summed E-state index contributed by atoms with van der Waals surface area (Å²) in [6.45, 7) is 0. The smallest absolute Gasteiger partial charge is 0.130 e. The maximum absolute atomic E-state index is 14.2. The molecule has 98 valence electrons. The van der Waals surface area contributed by atoms with E-state index in [2.05, 4.69) is 0 Å². The van der Waals surface area contributed by atoms with Crippen molar-refractivity contribution in [2.24, 2.45) is 0 Å². The average molecular weight is 258 g/mol. The Balaban J connectivity index is 2.02. The molecule has 1 saturated carbocycles. The molecule has 2 heteroatoms. The third kappa shape index (κ3) is 2.40. The van der Waals surface area contributed by atoms with E-state index in [4.69, 9.17) is 0 Å². The SMILES string of the molecule is Fc1cc(-c2ccccc2)cc(F)c1C1CCCC1. The monoisotopic (exact) mass is 258 g/mol. The highest BCUT2D eigenvalue weighted by molar-refractivity contribution is 5.64. The molecule has 3 rings (SSSR count). The molecule has 2 aromatic carbocycles. The van der Waals surface area contributed by atoms with Crippen LogP contribution in [-0.2, 0) is 0 Å². The number of benzene rings is 2. The maximum atomic E-state index is 14.2. The van der Waals surface area contributed by atoms with Gasteiger partial charge in [-0.05, 0) is 42.0 Å². The van der Waals surface area contributed by atoms with E-state index in [0.717, 1.165) is 31.2 Å². The fourth-order valence-corrected chi connectivity index (χ4v) is 2.99. The molecular formula is C17H16F2. The first-order valence-electron chi connectivity index (χ1n) is 6.80. The minimum atomic E-state index is -0.397. The zero-order valence-electron chi connectivity index (χ0n) is 10.7. The quantitative estimate of drug-likeness (QED) is 0.686. The normalized spacial score (nSPS) is 15.9. The van der Waals surface area contributed by atoms with Crippen molar-refractivity contribution in [3.63, 3.8) is 0 Å². The van der Waals surface area contributed by atoms with Gasteiger partial charge in [0.15, 0.2) is 0 Å². The molecule has 0 N–H and O–H groups in total. The van der Waals surface area contributed by atoms with Crippen LogP contribution in [0.2, 0.25) is 0 Å². The summed E-state index contributed by atoms with van der Waals surface area (Å²) in [6.07, 6.45) is 3.95. The fourth-order valence-electron chi connectivity index (χ4n) is 2.99. The Hall–Kier alpha value is -1.70. The number of hydrogen-bond acceptors (Lipinski definition) is 0. The first kappa shape index (κ1) is 12.3. The summed E-state index contributed by atoms with van der Waals surface area (Å²) in [6, 6.07) is 12.3. The molecule has 0 heterocycles. The van der Waals surface area contributed by atoms with E-state index in [-0.39, 0.29) is 11.5 Å². The first-order valence-corrected chi connectivity index (χ1v) is 6.80. The lowest BCUT2D eigenvalue weighted by atomic mass is 9.94. The van der Waals surface area contributed by atoms with Crippen LogP contribution in [0.5, 0.6) is 0 Å². The molecule has 0 atom stereocenters. The minimum Gasteiger partial charge on any atom is -0.207 e. The van der Waals surface area contributed by atoms with Crippen LogP contribution in [0, 0.1) is 11.6 Å². The molecule has 0 bridgehead atoms. The number of hydrogen-bond donors (Lipinski definition) is 0. The third-order valence-electron chi connectivity index (χ3n) is 3.95. The predicted molar refractivity (Wildman–Crippen MR) is 73.0 cm³/mol. The molecule has 0 aliphatic heterocycles. The van der Waals surface area contributed by atoms with E-state index in [0.29, 0.717) is 5.56 Å².